The van der Waals surface area contributed by atoms with E-state index in [0.717, 1.165) is 45.3 Å². The number of hydrogen-bond acceptors (Lipinski definition) is 6. The normalized spacial score (nSPS) is 23.5. The molecule has 8 nitrogen and oxygen atoms in total. The molecular weight excluding hydrogens is 394 g/mol. The number of amides is 2. The Hall–Kier alpha value is -2.74. The third-order valence-electron chi connectivity index (χ3n) is 6.42. The molecule has 2 fully saturated rings. The number of aryl methyl sites for hydroxylation is 1. The average Bonchev–Trinajstić information content (AvgIpc) is 3.21. The van der Waals surface area contributed by atoms with E-state index in [1.165, 1.54) is 12.0 Å². The molecule has 2 aliphatic rings. The molecule has 166 valence electrons. The summed E-state index contributed by atoms with van der Waals surface area (Å²) < 4.78 is 5.35. The highest BCUT2D eigenvalue weighted by Gasteiger charge is 2.40. The smallest absolute Gasteiger partial charge is 0.291 e. The highest BCUT2D eigenvalue weighted by molar-refractivity contribution is 5.92. The molecule has 8 heteroatoms. The summed E-state index contributed by atoms with van der Waals surface area (Å²) >= 11 is 0. The van der Waals surface area contributed by atoms with Gasteiger partial charge in [-0.15, -0.1) is 0 Å². The fourth-order valence-corrected chi connectivity index (χ4v) is 4.66. The van der Waals surface area contributed by atoms with Crippen LogP contribution in [-0.4, -0.2) is 63.8 Å². The Morgan fingerprint density at radius 3 is 2.77 bits per heavy atom. The van der Waals surface area contributed by atoms with Gasteiger partial charge in [0.25, 0.3) is 5.91 Å². The molecule has 0 aliphatic carbocycles. The minimum atomic E-state index is -0.146. The fraction of sp³-hybridized carbons (Fsp3) is 0.565. The third-order valence-corrected chi connectivity index (χ3v) is 6.42. The number of aromatic nitrogens is 2. The van der Waals surface area contributed by atoms with Crippen molar-refractivity contribution in [2.75, 3.05) is 26.2 Å². The Bertz CT molecular complexity index is 884. The van der Waals surface area contributed by atoms with Crippen LogP contribution in [0.15, 0.2) is 35.3 Å². The number of carbonyl (C=O) groups is 2. The van der Waals surface area contributed by atoms with Crippen LogP contribution in [0.3, 0.4) is 0 Å². The average molecular weight is 426 g/mol. The molecule has 0 aromatic carbocycles. The van der Waals surface area contributed by atoms with Crippen molar-refractivity contribution in [3.05, 3.63) is 47.9 Å². The summed E-state index contributed by atoms with van der Waals surface area (Å²) in [6.45, 7) is 5.19. The maximum Gasteiger partial charge on any atom is 0.291 e. The molecule has 0 spiro atoms. The van der Waals surface area contributed by atoms with Crippen LogP contribution >= 0.6 is 0 Å². The van der Waals surface area contributed by atoms with Crippen LogP contribution < -0.4 is 5.32 Å². The number of likely N-dealkylation sites (tertiary alicyclic amines) is 1. The van der Waals surface area contributed by atoms with Crippen molar-refractivity contribution in [1.29, 1.82) is 0 Å². The predicted octanol–water partition coefficient (Wildman–Crippen LogP) is 2.40. The summed E-state index contributed by atoms with van der Waals surface area (Å²) in [7, 11) is 0. The van der Waals surface area contributed by atoms with Crippen molar-refractivity contribution >= 4 is 11.8 Å². The zero-order valence-electron chi connectivity index (χ0n) is 18.1. The molecule has 2 aromatic rings. The van der Waals surface area contributed by atoms with E-state index in [-0.39, 0.29) is 23.8 Å². The minimum Gasteiger partial charge on any atom is -0.438 e. The van der Waals surface area contributed by atoms with Gasteiger partial charge in [-0.05, 0) is 50.4 Å². The number of hydrogen-bond donors (Lipinski definition) is 1. The summed E-state index contributed by atoms with van der Waals surface area (Å²) in [4.78, 5) is 38.6. The maximum atomic E-state index is 13.1. The molecule has 0 saturated carbocycles. The van der Waals surface area contributed by atoms with E-state index in [4.69, 9.17) is 4.42 Å². The van der Waals surface area contributed by atoms with E-state index in [0.29, 0.717) is 31.0 Å². The van der Waals surface area contributed by atoms with Gasteiger partial charge in [0.15, 0.2) is 6.39 Å². The van der Waals surface area contributed by atoms with Gasteiger partial charge < -0.3 is 14.6 Å². The minimum absolute atomic E-state index is 0.0489. The first-order valence-corrected chi connectivity index (χ1v) is 11.2. The Morgan fingerprint density at radius 2 is 2.00 bits per heavy atom. The van der Waals surface area contributed by atoms with Crippen LogP contribution in [0.1, 0.15) is 53.9 Å². The van der Waals surface area contributed by atoms with Crippen LogP contribution in [0, 0.1) is 12.8 Å². The molecule has 0 bridgehead atoms. The second-order valence-electron chi connectivity index (χ2n) is 8.51. The lowest BCUT2D eigenvalue weighted by Gasteiger charge is -2.43. The van der Waals surface area contributed by atoms with Crippen LogP contribution in [-0.2, 0) is 11.3 Å². The first-order chi connectivity index (χ1) is 15.1. The number of rotatable bonds is 3. The molecule has 4 heterocycles. The first kappa shape index (κ1) is 21.5. The summed E-state index contributed by atoms with van der Waals surface area (Å²) in [5, 5.41) is 3.14. The van der Waals surface area contributed by atoms with E-state index in [9.17, 15) is 9.59 Å². The molecule has 2 saturated heterocycles. The van der Waals surface area contributed by atoms with E-state index >= 15 is 0 Å². The number of fused-ring (bicyclic) bond motifs is 1. The van der Waals surface area contributed by atoms with Gasteiger partial charge in [-0.3, -0.25) is 19.5 Å². The van der Waals surface area contributed by atoms with Crippen LogP contribution in [0.2, 0.25) is 0 Å². The van der Waals surface area contributed by atoms with Gasteiger partial charge in [-0.25, -0.2) is 4.98 Å². The van der Waals surface area contributed by atoms with Gasteiger partial charge in [-0.2, -0.15) is 0 Å². The number of oxazole rings is 1. The lowest BCUT2D eigenvalue weighted by molar-refractivity contribution is -0.129. The molecule has 2 unspecified atom stereocenters. The fourth-order valence-electron chi connectivity index (χ4n) is 4.66. The van der Waals surface area contributed by atoms with Gasteiger partial charge >= 0.3 is 0 Å². The van der Waals surface area contributed by atoms with Crippen molar-refractivity contribution < 1.29 is 14.0 Å². The number of nitrogens with one attached hydrogen (secondary N) is 1. The molecule has 2 amide bonds. The quantitative estimate of drug-likeness (QED) is 0.812. The van der Waals surface area contributed by atoms with Gasteiger partial charge in [0.1, 0.15) is 0 Å². The Labute approximate surface area is 183 Å². The van der Waals surface area contributed by atoms with Gasteiger partial charge in [0.2, 0.25) is 11.7 Å². The van der Waals surface area contributed by atoms with Gasteiger partial charge in [0, 0.05) is 44.6 Å². The highest BCUT2D eigenvalue weighted by atomic mass is 16.3. The van der Waals surface area contributed by atoms with E-state index in [1.807, 2.05) is 17.0 Å². The predicted molar refractivity (Wildman–Crippen MR) is 115 cm³/mol. The molecule has 31 heavy (non-hydrogen) atoms. The van der Waals surface area contributed by atoms with Crippen LogP contribution in [0.4, 0.5) is 0 Å². The van der Waals surface area contributed by atoms with Crippen molar-refractivity contribution in [2.24, 2.45) is 5.92 Å². The number of pyridine rings is 1. The summed E-state index contributed by atoms with van der Waals surface area (Å²) in [5.74, 6) is 0.113. The Balaban J connectivity index is 1.59. The lowest BCUT2D eigenvalue weighted by atomic mass is 9.88. The van der Waals surface area contributed by atoms with Crippen LogP contribution in [0.25, 0.3) is 0 Å². The van der Waals surface area contributed by atoms with Crippen molar-refractivity contribution in [2.45, 2.75) is 51.6 Å². The summed E-state index contributed by atoms with van der Waals surface area (Å²) in [5.41, 5.74) is 1.76. The second kappa shape index (κ2) is 10.0. The standard InChI is InChI=1S/C23H31N5O3/c1-17-21(31-16-26-17)23(30)28-13-8-19-20(15-28)27(14-18-6-10-24-11-7-18)12-5-3-2-4-9-25-22(19)29/h6-7,10-11,16,19-20H,2-5,8-9,12-15H2,1H3,(H,25,29). The van der Waals surface area contributed by atoms with Crippen LogP contribution in [0.5, 0.6) is 0 Å². The van der Waals surface area contributed by atoms with Gasteiger partial charge in [0.05, 0.1) is 11.6 Å². The molecule has 4 rings (SSSR count). The van der Waals surface area contributed by atoms with E-state index in [2.05, 4.69) is 20.2 Å². The van der Waals surface area contributed by atoms with E-state index in [1.54, 1.807) is 19.3 Å². The maximum absolute atomic E-state index is 13.1. The zero-order chi connectivity index (χ0) is 21.6. The monoisotopic (exact) mass is 425 g/mol. The molecule has 1 N–H and O–H groups in total. The first-order valence-electron chi connectivity index (χ1n) is 11.2. The topological polar surface area (TPSA) is 91.6 Å². The molecule has 0 radical (unpaired) electrons. The van der Waals surface area contributed by atoms with E-state index < -0.39 is 0 Å². The highest BCUT2D eigenvalue weighted by Crippen LogP contribution is 2.27. The lowest BCUT2D eigenvalue weighted by Crippen LogP contribution is -2.57. The van der Waals surface area contributed by atoms with Crippen molar-refractivity contribution in [1.82, 2.24) is 25.1 Å². The largest absolute Gasteiger partial charge is 0.438 e. The molecule has 2 atom stereocenters. The third kappa shape index (κ3) is 5.12. The number of carbonyl (C=O) groups excluding carboxylic acids is 2. The summed E-state index contributed by atoms with van der Waals surface area (Å²) in [6.07, 6.45) is 9.91. The van der Waals surface area contributed by atoms with Gasteiger partial charge in [-0.1, -0.05) is 12.8 Å². The molecular formula is C23H31N5O3. The second-order valence-corrected chi connectivity index (χ2v) is 8.51. The molecule has 2 aromatic heterocycles. The van der Waals surface area contributed by atoms with Crippen molar-refractivity contribution in [3.8, 4) is 0 Å². The molecule has 2 aliphatic heterocycles. The number of piperidine rings is 1. The summed E-state index contributed by atoms with van der Waals surface area (Å²) in [6, 6.07) is 3.99. The Kier molecular flexibility index (Phi) is 6.96. The Morgan fingerprint density at radius 1 is 1.19 bits per heavy atom. The number of nitrogens with zero attached hydrogens (tertiary/aromatic N) is 4. The SMILES string of the molecule is Cc1ncoc1C(=O)N1CCC2C(=O)NCCCCCCN(Cc3ccncc3)C2C1. The van der Waals surface area contributed by atoms with Crippen molar-refractivity contribution in [3.63, 3.8) is 0 Å². The zero-order valence-corrected chi connectivity index (χ0v) is 18.1.